The summed E-state index contributed by atoms with van der Waals surface area (Å²) in [5.74, 6) is 0.788. The van der Waals surface area contributed by atoms with Gasteiger partial charge in [0, 0.05) is 44.1 Å². The van der Waals surface area contributed by atoms with E-state index in [4.69, 9.17) is 14.2 Å². The van der Waals surface area contributed by atoms with Crippen LogP contribution in [0.15, 0.2) is 30.6 Å². The first-order valence-electron chi connectivity index (χ1n) is 13.3. The Balaban J connectivity index is 1.24. The van der Waals surface area contributed by atoms with E-state index in [9.17, 15) is 4.79 Å². The van der Waals surface area contributed by atoms with Gasteiger partial charge in [0.05, 0.1) is 50.5 Å². The van der Waals surface area contributed by atoms with E-state index in [0.717, 1.165) is 73.4 Å². The van der Waals surface area contributed by atoms with Gasteiger partial charge in [-0.2, -0.15) is 0 Å². The van der Waals surface area contributed by atoms with Crippen molar-refractivity contribution in [1.82, 2.24) is 25.1 Å². The zero-order valence-electron chi connectivity index (χ0n) is 21.2. The molecule has 2 bridgehead atoms. The molecule has 9 heteroatoms. The summed E-state index contributed by atoms with van der Waals surface area (Å²) < 4.78 is 17.2. The first kappa shape index (κ1) is 23.0. The highest BCUT2D eigenvalue weighted by Crippen LogP contribution is 2.36. The van der Waals surface area contributed by atoms with Crippen LogP contribution in [0.5, 0.6) is 5.75 Å². The van der Waals surface area contributed by atoms with Crippen molar-refractivity contribution in [2.24, 2.45) is 0 Å². The zero-order valence-corrected chi connectivity index (χ0v) is 21.2. The largest absolute Gasteiger partial charge is 0.494 e. The normalized spacial score (nSPS) is 25.4. The molecule has 4 saturated heterocycles. The first-order chi connectivity index (χ1) is 18.2. The minimum atomic E-state index is 0.0930. The molecule has 3 aromatic rings. The van der Waals surface area contributed by atoms with E-state index < -0.39 is 0 Å². The van der Waals surface area contributed by atoms with Gasteiger partial charge in [-0.1, -0.05) is 6.07 Å². The first-order valence-corrected chi connectivity index (χ1v) is 13.3. The van der Waals surface area contributed by atoms with Crippen molar-refractivity contribution in [3.8, 4) is 16.9 Å². The van der Waals surface area contributed by atoms with Crippen molar-refractivity contribution in [3.63, 3.8) is 0 Å². The number of carbonyl (C=O) groups excluding carboxylic acids is 1. The van der Waals surface area contributed by atoms with Crippen molar-refractivity contribution in [2.75, 3.05) is 46.6 Å². The Hall–Kier alpha value is -3.14. The SMILES string of the molecule is COc1c[nH]c2ncc(-c3cc4c(c([C@@H]5COCCN5)c3)CN(C(=O)N3CC5CCC3CO5)CC4)cc12. The molecule has 2 N–H and O–H groups in total. The van der Waals surface area contributed by atoms with E-state index in [1.165, 1.54) is 16.7 Å². The summed E-state index contributed by atoms with van der Waals surface area (Å²) in [6.45, 7) is 4.89. The third-order valence-corrected chi connectivity index (χ3v) is 8.42. The molecular weight excluding hydrogens is 470 g/mol. The molecule has 0 aliphatic carbocycles. The minimum absolute atomic E-state index is 0.0930. The second kappa shape index (κ2) is 9.31. The molecule has 8 rings (SSSR count). The van der Waals surface area contributed by atoms with Crippen molar-refractivity contribution < 1.29 is 19.0 Å². The number of nitrogens with zero attached hydrogens (tertiary/aromatic N) is 3. The van der Waals surface area contributed by atoms with Crippen LogP contribution in [0.2, 0.25) is 0 Å². The topological polar surface area (TPSA) is 92.0 Å². The number of rotatable bonds is 3. The maximum atomic E-state index is 13.6. The van der Waals surface area contributed by atoms with Gasteiger partial charge >= 0.3 is 6.03 Å². The van der Waals surface area contributed by atoms with Crippen LogP contribution in [0.1, 0.15) is 35.6 Å². The smallest absolute Gasteiger partial charge is 0.320 e. The molecule has 0 saturated carbocycles. The number of nitrogens with one attached hydrogen (secondary N) is 2. The summed E-state index contributed by atoms with van der Waals surface area (Å²) in [5, 5.41) is 4.61. The Bertz CT molecular complexity index is 1330. The number of H-pyrrole nitrogens is 1. The van der Waals surface area contributed by atoms with Gasteiger partial charge in [-0.25, -0.2) is 9.78 Å². The van der Waals surface area contributed by atoms with Crippen molar-refractivity contribution >= 4 is 17.1 Å². The summed E-state index contributed by atoms with van der Waals surface area (Å²) in [5.41, 5.74) is 6.76. The van der Waals surface area contributed by atoms with E-state index in [1.54, 1.807) is 7.11 Å². The number of hydrogen-bond donors (Lipinski definition) is 2. The molecule has 0 radical (unpaired) electrons. The van der Waals surface area contributed by atoms with Crippen molar-refractivity contribution in [2.45, 2.75) is 44.0 Å². The Morgan fingerprint density at radius 2 is 2.14 bits per heavy atom. The average molecular weight is 504 g/mol. The van der Waals surface area contributed by atoms with Gasteiger partial charge in [-0.05, 0) is 53.6 Å². The van der Waals surface area contributed by atoms with Gasteiger partial charge < -0.3 is 34.3 Å². The number of ether oxygens (including phenoxy) is 3. The fourth-order valence-electron chi connectivity index (χ4n) is 6.38. The molecule has 1 aromatic carbocycles. The van der Waals surface area contributed by atoms with Crippen LogP contribution >= 0.6 is 0 Å². The van der Waals surface area contributed by atoms with Crippen LogP contribution in [-0.2, 0) is 22.4 Å². The second-order valence-corrected chi connectivity index (χ2v) is 10.6. The lowest BCUT2D eigenvalue weighted by atomic mass is 9.87. The monoisotopic (exact) mass is 503 g/mol. The Morgan fingerprint density at radius 3 is 2.89 bits per heavy atom. The van der Waals surface area contributed by atoms with Gasteiger partial charge in [-0.3, -0.25) is 0 Å². The van der Waals surface area contributed by atoms with E-state index in [1.807, 2.05) is 17.3 Å². The molecule has 4 fully saturated rings. The van der Waals surface area contributed by atoms with E-state index in [0.29, 0.717) is 19.8 Å². The van der Waals surface area contributed by atoms with Crippen LogP contribution in [-0.4, -0.2) is 84.5 Å². The van der Waals surface area contributed by atoms with Crippen molar-refractivity contribution in [1.29, 1.82) is 0 Å². The molecule has 37 heavy (non-hydrogen) atoms. The third-order valence-electron chi connectivity index (χ3n) is 8.42. The van der Waals surface area contributed by atoms with Crippen LogP contribution in [0.4, 0.5) is 4.79 Å². The van der Waals surface area contributed by atoms with Crippen LogP contribution in [0.3, 0.4) is 0 Å². The molecule has 7 heterocycles. The second-order valence-electron chi connectivity index (χ2n) is 10.6. The summed E-state index contributed by atoms with van der Waals surface area (Å²) in [6, 6.07) is 7.14. The standard InChI is InChI=1S/C28H33N5O4/c1-35-26-12-31-27-23(26)10-19(11-30-27)18-8-17-4-6-32(28(34)33-13-21-3-2-20(33)15-37-21)14-24(17)22(9-18)25-16-36-7-5-29-25/h8-12,20-21,25,29H,2-7,13-16H2,1H3,(H,30,31)/t20?,21?,25-/m0/s1. The quantitative estimate of drug-likeness (QED) is 0.570. The predicted molar refractivity (Wildman–Crippen MR) is 139 cm³/mol. The number of hydrogen-bond acceptors (Lipinski definition) is 6. The highest BCUT2D eigenvalue weighted by Gasteiger charge is 2.40. The number of carbonyl (C=O) groups is 1. The Morgan fingerprint density at radius 1 is 1.19 bits per heavy atom. The number of aromatic amines is 1. The molecule has 5 aliphatic heterocycles. The highest BCUT2D eigenvalue weighted by atomic mass is 16.5. The number of pyridine rings is 1. The molecule has 3 atom stereocenters. The fraction of sp³-hybridized carbons (Fsp3) is 0.500. The van der Waals surface area contributed by atoms with Crippen molar-refractivity contribution in [3.05, 3.63) is 47.3 Å². The molecule has 194 valence electrons. The maximum absolute atomic E-state index is 13.6. The number of piperidine rings is 1. The highest BCUT2D eigenvalue weighted by molar-refractivity contribution is 5.87. The Kier molecular flexibility index (Phi) is 5.79. The van der Waals surface area contributed by atoms with E-state index in [2.05, 4.69) is 38.4 Å². The molecule has 5 aliphatic rings. The van der Waals surface area contributed by atoms with Gasteiger partial charge in [0.2, 0.25) is 0 Å². The summed E-state index contributed by atoms with van der Waals surface area (Å²) >= 11 is 0. The van der Waals surface area contributed by atoms with Gasteiger partial charge in [0.1, 0.15) is 11.4 Å². The summed E-state index contributed by atoms with van der Waals surface area (Å²) in [7, 11) is 1.68. The van der Waals surface area contributed by atoms with Crippen LogP contribution in [0, 0.1) is 0 Å². The molecular formula is C28H33N5O4. The zero-order chi connectivity index (χ0) is 24.9. The van der Waals surface area contributed by atoms with Gasteiger partial charge in [0.25, 0.3) is 0 Å². The summed E-state index contributed by atoms with van der Waals surface area (Å²) in [6.07, 6.45) is 6.89. The predicted octanol–water partition coefficient (Wildman–Crippen LogP) is 3.24. The third kappa shape index (κ3) is 4.05. The molecule has 2 aromatic heterocycles. The fourth-order valence-corrected chi connectivity index (χ4v) is 6.38. The van der Waals surface area contributed by atoms with E-state index >= 15 is 0 Å². The van der Waals surface area contributed by atoms with Crippen LogP contribution in [0.25, 0.3) is 22.2 Å². The number of methoxy groups -OCH3 is 1. The number of aromatic nitrogens is 2. The number of benzene rings is 1. The number of morpholine rings is 2. The maximum Gasteiger partial charge on any atom is 0.320 e. The molecule has 0 spiro atoms. The summed E-state index contributed by atoms with van der Waals surface area (Å²) in [4.78, 5) is 25.5. The lowest BCUT2D eigenvalue weighted by Gasteiger charge is -2.47. The van der Waals surface area contributed by atoms with Crippen LogP contribution < -0.4 is 10.1 Å². The minimum Gasteiger partial charge on any atom is -0.494 e. The number of urea groups is 1. The lowest BCUT2D eigenvalue weighted by molar-refractivity contribution is -0.0923. The lowest BCUT2D eigenvalue weighted by Crippen LogP contribution is -2.60. The van der Waals surface area contributed by atoms with E-state index in [-0.39, 0.29) is 24.2 Å². The number of fused-ring (bicyclic) bond motifs is 5. The van der Waals surface area contributed by atoms with Gasteiger partial charge in [0.15, 0.2) is 0 Å². The molecule has 2 unspecified atom stereocenters. The number of amides is 2. The molecule has 9 nitrogen and oxygen atoms in total. The average Bonchev–Trinajstić information content (AvgIpc) is 3.39. The Labute approximate surface area is 216 Å². The van der Waals surface area contributed by atoms with Gasteiger partial charge in [-0.15, -0.1) is 0 Å². The molecule has 2 amide bonds.